The number of carbonyl (C=O) groups is 2. The van der Waals surface area contributed by atoms with Gasteiger partial charge in [-0.3, -0.25) is 14.5 Å². The standard InChI is InChI=1S/C14H17NO4/c1-9-4-2-3-5-10(9)11-6-15(8-13(16)17)7-12(11)14(18)19/h2-5,11-12H,6-8H2,1H3,(H,16,17)(H,18,19)/t11-,12+/m0/s1. The smallest absolute Gasteiger partial charge is 0.317 e. The third-order valence-electron chi connectivity index (χ3n) is 3.66. The van der Waals surface area contributed by atoms with E-state index in [0.29, 0.717) is 13.1 Å². The van der Waals surface area contributed by atoms with Gasteiger partial charge >= 0.3 is 11.9 Å². The molecule has 1 saturated heterocycles. The zero-order valence-corrected chi connectivity index (χ0v) is 10.7. The highest BCUT2D eigenvalue weighted by Crippen LogP contribution is 2.34. The van der Waals surface area contributed by atoms with Gasteiger partial charge in [0.2, 0.25) is 0 Å². The molecule has 2 atom stereocenters. The van der Waals surface area contributed by atoms with E-state index in [1.165, 1.54) is 0 Å². The second kappa shape index (κ2) is 5.40. The van der Waals surface area contributed by atoms with Gasteiger partial charge in [0.25, 0.3) is 0 Å². The molecular formula is C14H17NO4. The van der Waals surface area contributed by atoms with Gasteiger partial charge in [0.05, 0.1) is 12.5 Å². The van der Waals surface area contributed by atoms with Crippen molar-refractivity contribution in [2.75, 3.05) is 19.6 Å². The molecular weight excluding hydrogens is 246 g/mol. The zero-order valence-electron chi connectivity index (χ0n) is 10.7. The van der Waals surface area contributed by atoms with Crippen molar-refractivity contribution in [3.05, 3.63) is 35.4 Å². The first-order valence-corrected chi connectivity index (χ1v) is 6.21. The van der Waals surface area contributed by atoms with Gasteiger partial charge in [0.15, 0.2) is 0 Å². The van der Waals surface area contributed by atoms with Gasteiger partial charge in [-0.2, -0.15) is 0 Å². The maximum atomic E-state index is 11.4. The van der Waals surface area contributed by atoms with Crippen LogP contribution in [0.5, 0.6) is 0 Å². The van der Waals surface area contributed by atoms with Crippen LogP contribution in [-0.4, -0.2) is 46.7 Å². The predicted octanol–water partition coefficient (Wildman–Crippen LogP) is 1.18. The van der Waals surface area contributed by atoms with Crippen molar-refractivity contribution < 1.29 is 19.8 Å². The predicted molar refractivity (Wildman–Crippen MR) is 69.1 cm³/mol. The van der Waals surface area contributed by atoms with Crippen molar-refractivity contribution >= 4 is 11.9 Å². The lowest BCUT2D eigenvalue weighted by Crippen LogP contribution is -2.28. The Labute approximate surface area is 111 Å². The van der Waals surface area contributed by atoms with Crippen LogP contribution >= 0.6 is 0 Å². The summed E-state index contributed by atoms with van der Waals surface area (Å²) in [6.45, 7) is 2.62. The number of likely N-dealkylation sites (tertiary alicyclic amines) is 1. The van der Waals surface area contributed by atoms with E-state index in [2.05, 4.69) is 0 Å². The van der Waals surface area contributed by atoms with Crippen molar-refractivity contribution in [1.82, 2.24) is 4.90 Å². The highest BCUT2D eigenvalue weighted by molar-refractivity contribution is 5.73. The fourth-order valence-corrected chi connectivity index (χ4v) is 2.77. The molecule has 1 aliphatic heterocycles. The second-order valence-corrected chi connectivity index (χ2v) is 5.00. The third-order valence-corrected chi connectivity index (χ3v) is 3.66. The van der Waals surface area contributed by atoms with Crippen LogP contribution in [0.15, 0.2) is 24.3 Å². The van der Waals surface area contributed by atoms with E-state index in [1.807, 2.05) is 31.2 Å². The molecule has 0 saturated carbocycles. The van der Waals surface area contributed by atoms with Gasteiger partial charge in [-0.25, -0.2) is 0 Å². The molecule has 1 fully saturated rings. The molecule has 0 unspecified atom stereocenters. The van der Waals surface area contributed by atoms with Crippen molar-refractivity contribution in [3.8, 4) is 0 Å². The van der Waals surface area contributed by atoms with E-state index in [-0.39, 0.29) is 12.5 Å². The van der Waals surface area contributed by atoms with Crippen LogP contribution in [0.1, 0.15) is 17.0 Å². The van der Waals surface area contributed by atoms with Gasteiger partial charge in [0, 0.05) is 19.0 Å². The molecule has 2 N–H and O–H groups in total. The van der Waals surface area contributed by atoms with Crippen LogP contribution in [0, 0.1) is 12.8 Å². The molecule has 0 aromatic heterocycles. The van der Waals surface area contributed by atoms with E-state index in [9.17, 15) is 14.7 Å². The Morgan fingerprint density at radius 3 is 2.53 bits per heavy atom. The fourth-order valence-electron chi connectivity index (χ4n) is 2.77. The fraction of sp³-hybridized carbons (Fsp3) is 0.429. The molecule has 5 nitrogen and oxygen atoms in total. The minimum Gasteiger partial charge on any atom is -0.481 e. The highest BCUT2D eigenvalue weighted by atomic mass is 16.4. The lowest BCUT2D eigenvalue weighted by atomic mass is 9.86. The van der Waals surface area contributed by atoms with Crippen LogP contribution in [-0.2, 0) is 9.59 Å². The Morgan fingerprint density at radius 1 is 1.26 bits per heavy atom. The number of carboxylic acids is 2. The molecule has 1 heterocycles. The lowest BCUT2D eigenvalue weighted by molar-refractivity contribution is -0.142. The Hall–Kier alpha value is -1.88. The highest BCUT2D eigenvalue weighted by Gasteiger charge is 2.39. The summed E-state index contributed by atoms with van der Waals surface area (Å²) in [6.07, 6.45) is 0. The van der Waals surface area contributed by atoms with Crippen molar-refractivity contribution in [2.24, 2.45) is 5.92 Å². The number of aryl methyl sites for hydroxylation is 1. The normalized spacial score (nSPS) is 23.4. The number of benzene rings is 1. The van der Waals surface area contributed by atoms with Crippen LogP contribution in [0.25, 0.3) is 0 Å². The summed E-state index contributed by atoms with van der Waals surface area (Å²) in [5.41, 5.74) is 2.05. The number of rotatable bonds is 4. The third kappa shape index (κ3) is 2.93. The molecule has 102 valence electrons. The first-order chi connectivity index (χ1) is 8.99. The Morgan fingerprint density at radius 2 is 1.95 bits per heavy atom. The van der Waals surface area contributed by atoms with Gasteiger partial charge in [-0.05, 0) is 18.1 Å². The van der Waals surface area contributed by atoms with E-state index < -0.39 is 17.9 Å². The summed E-state index contributed by atoms with van der Waals surface area (Å²) in [7, 11) is 0. The molecule has 0 radical (unpaired) electrons. The molecule has 2 rings (SSSR count). The molecule has 5 heteroatoms. The summed E-state index contributed by atoms with van der Waals surface area (Å²) in [5.74, 6) is -2.46. The Balaban J connectivity index is 2.25. The topological polar surface area (TPSA) is 77.8 Å². The average Bonchev–Trinajstić information content (AvgIpc) is 2.72. The minimum absolute atomic E-state index is 0.105. The quantitative estimate of drug-likeness (QED) is 0.853. The first-order valence-electron chi connectivity index (χ1n) is 6.21. The lowest BCUT2D eigenvalue weighted by Gasteiger charge is -2.17. The summed E-state index contributed by atoms with van der Waals surface area (Å²) >= 11 is 0. The van der Waals surface area contributed by atoms with Crippen molar-refractivity contribution in [2.45, 2.75) is 12.8 Å². The zero-order chi connectivity index (χ0) is 14.0. The molecule has 1 aromatic carbocycles. The van der Waals surface area contributed by atoms with Crippen LogP contribution in [0.4, 0.5) is 0 Å². The number of nitrogens with zero attached hydrogens (tertiary/aromatic N) is 1. The number of aliphatic carboxylic acids is 2. The molecule has 0 spiro atoms. The summed E-state index contributed by atoms with van der Waals surface area (Å²) in [4.78, 5) is 23.8. The van der Waals surface area contributed by atoms with Crippen LogP contribution in [0.2, 0.25) is 0 Å². The van der Waals surface area contributed by atoms with E-state index in [4.69, 9.17) is 5.11 Å². The average molecular weight is 263 g/mol. The van der Waals surface area contributed by atoms with E-state index >= 15 is 0 Å². The van der Waals surface area contributed by atoms with Crippen molar-refractivity contribution in [3.63, 3.8) is 0 Å². The van der Waals surface area contributed by atoms with Crippen LogP contribution in [0.3, 0.4) is 0 Å². The largest absolute Gasteiger partial charge is 0.481 e. The first kappa shape index (κ1) is 13.5. The van der Waals surface area contributed by atoms with Gasteiger partial charge in [-0.15, -0.1) is 0 Å². The van der Waals surface area contributed by atoms with Gasteiger partial charge in [0.1, 0.15) is 0 Å². The molecule has 19 heavy (non-hydrogen) atoms. The van der Waals surface area contributed by atoms with Gasteiger partial charge < -0.3 is 10.2 Å². The SMILES string of the molecule is Cc1ccccc1[C@@H]1CN(CC(=O)O)C[C@H]1C(=O)O. The maximum absolute atomic E-state index is 11.4. The summed E-state index contributed by atoms with van der Waals surface area (Å²) in [6, 6.07) is 7.69. The minimum atomic E-state index is -0.922. The molecule has 0 aliphatic carbocycles. The summed E-state index contributed by atoms with van der Waals surface area (Å²) in [5, 5.41) is 18.1. The van der Waals surface area contributed by atoms with Crippen molar-refractivity contribution in [1.29, 1.82) is 0 Å². The number of hydrogen-bond donors (Lipinski definition) is 2. The summed E-state index contributed by atoms with van der Waals surface area (Å²) < 4.78 is 0. The van der Waals surface area contributed by atoms with Gasteiger partial charge in [-0.1, -0.05) is 24.3 Å². The van der Waals surface area contributed by atoms with Crippen LogP contribution < -0.4 is 0 Å². The number of carboxylic acid groups (broad SMARTS) is 2. The molecule has 1 aromatic rings. The monoisotopic (exact) mass is 263 g/mol. The van der Waals surface area contributed by atoms with E-state index in [0.717, 1.165) is 11.1 Å². The molecule has 0 bridgehead atoms. The maximum Gasteiger partial charge on any atom is 0.317 e. The molecule has 1 aliphatic rings. The second-order valence-electron chi connectivity index (χ2n) is 5.00. The molecule has 0 amide bonds. The van der Waals surface area contributed by atoms with E-state index in [1.54, 1.807) is 4.90 Å². The number of hydrogen-bond acceptors (Lipinski definition) is 3. The Kier molecular flexibility index (Phi) is 3.85. The Bertz CT molecular complexity index is 500.